The molecule has 0 spiro atoms. The molecule has 2 aromatic carbocycles. The first-order valence-corrected chi connectivity index (χ1v) is 11.8. The molecule has 4 rings (SSSR count). The number of carbonyl (C=O) groups excluding carboxylic acids is 1. The first-order chi connectivity index (χ1) is 17.2. The van der Waals surface area contributed by atoms with Crippen LogP contribution in [0.4, 0.5) is 0 Å². The highest BCUT2D eigenvalue weighted by Crippen LogP contribution is 2.19. The monoisotopic (exact) mass is 492 g/mol. The van der Waals surface area contributed by atoms with Gasteiger partial charge in [-0.05, 0) is 29.2 Å². The van der Waals surface area contributed by atoms with Crippen LogP contribution in [0, 0.1) is 5.92 Å². The number of fused-ring (bicyclic) bond motifs is 2. The van der Waals surface area contributed by atoms with Gasteiger partial charge in [-0.25, -0.2) is 4.79 Å². The minimum Gasteiger partial charge on any atom is -0.480 e. The molecule has 0 radical (unpaired) electrons. The zero-order chi connectivity index (χ0) is 26.2. The number of carboxylic acid groups (broad SMARTS) is 2. The number of nitrogens with two attached hydrogens (primary N) is 1. The van der Waals surface area contributed by atoms with Crippen molar-refractivity contribution in [1.82, 2.24) is 15.3 Å². The second-order valence-electron chi connectivity index (χ2n) is 8.81. The minimum atomic E-state index is -0.989. The molecule has 3 unspecified atom stereocenters. The summed E-state index contributed by atoms with van der Waals surface area (Å²) in [5, 5.41) is 22.6. The Hall–Kier alpha value is -4.11. The highest BCUT2D eigenvalue weighted by atomic mass is 16.4. The largest absolute Gasteiger partial charge is 0.480 e. The lowest BCUT2D eigenvalue weighted by Gasteiger charge is -2.20. The van der Waals surface area contributed by atoms with Crippen molar-refractivity contribution in [1.29, 1.82) is 0 Å². The van der Waals surface area contributed by atoms with Gasteiger partial charge in [0.05, 0.1) is 6.42 Å². The number of aromatic amines is 2. The first kappa shape index (κ1) is 26.5. The molecule has 0 aliphatic heterocycles. The van der Waals surface area contributed by atoms with Crippen molar-refractivity contribution < 1.29 is 24.6 Å². The Morgan fingerprint density at radius 3 is 1.94 bits per heavy atom. The second kappa shape index (κ2) is 12.0. The minimum absolute atomic E-state index is 0.102. The lowest BCUT2D eigenvalue weighted by Crippen LogP contribution is -2.45. The molecule has 0 saturated carbocycles. The van der Waals surface area contributed by atoms with Crippen LogP contribution in [0.25, 0.3) is 21.8 Å². The fourth-order valence-corrected chi connectivity index (χ4v) is 3.98. The quantitative estimate of drug-likeness (QED) is 0.210. The number of aromatic nitrogens is 2. The summed E-state index contributed by atoms with van der Waals surface area (Å²) >= 11 is 0. The van der Waals surface area contributed by atoms with Crippen molar-refractivity contribution in [2.45, 2.75) is 45.2 Å². The molecular weight excluding hydrogens is 460 g/mol. The molecule has 2 heterocycles. The van der Waals surface area contributed by atoms with Crippen molar-refractivity contribution in [3.63, 3.8) is 0 Å². The molecular formula is C27H32N4O5. The Kier molecular flexibility index (Phi) is 8.86. The Morgan fingerprint density at radius 1 is 0.889 bits per heavy atom. The number of hydrogen-bond donors (Lipinski definition) is 6. The molecule has 9 nitrogen and oxygen atoms in total. The van der Waals surface area contributed by atoms with Crippen LogP contribution in [-0.4, -0.2) is 50.1 Å². The third kappa shape index (κ3) is 6.51. The van der Waals surface area contributed by atoms with E-state index in [1.54, 1.807) is 6.20 Å². The van der Waals surface area contributed by atoms with Crippen molar-refractivity contribution in [2.75, 3.05) is 0 Å². The third-order valence-corrected chi connectivity index (χ3v) is 6.25. The normalized spacial score (nSPS) is 13.4. The zero-order valence-electron chi connectivity index (χ0n) is 20.3. The lowest BCUT2D eigenvalue weighted by molar-refractivity contribution is -0.143. The molecule has 1 amide bonds. The van der Waals surface area contributed by atoms with E-state index in [1.807, 2.05) is 68.6 Å². The maximum Gasteiger partial charge on any atom is 0.326 e. The van der Waals surface area contributed by atoms with Crippen molar-refractivity contribution in [2.24, 2.45) is 11.7 Å². The van der Waals surface area contributed by atoms with Gasteiger partial charge in [-0.15, -0.1) is 0 Å². The molecule has 0 bridgehead atoms. The average Bonchev–Trinajstić information content (AvgIpc) is 3.46. The van der Waals surface area contributed by atoms with E-state index in [1.165, 1.54) is 0 Å². The molecule has 0 fully saturated rings. The predicted molar refractivity (Wildman–Crippen MR) is 139 cm³/mol. The maximum absolute atomic E-state index is 12.1. The van der Waals surface area contributed by atoms with Gasteiger partial charge in [0.15, 0.2) is 0 Å². The van der Waals surface area contributed by atoms with E-state index < -0.39 is 24.0 Å². The summed E-state index contributed by atoms with van der Waals surface area (Å²) in [5.41, 5.74) is 9.28. The van der Waals surface area contributed by atoms with Gasteiger partial charge in [0, 0.05) is 40.6 Å². The highest BCUT2D eigenvalue weighted by Gasteiger charge is 2.25. The standard InChI is InChI=1S/C16H20N2O3.C11H12N2O2/c1-3-10(2)15(16(20)21)18-14(19)8-11-9-17-13-7-5-4-6-12(11)13;12-9(11(14)15)5-7-6-13-10-4-2-1-3-8(7)10/h4-7,9-10,15,17H,3,8H2,1-2H3,(H,18,19)(H,20,21);1-4,6,9,13H,5,12H2,(H,14,15). The van der Waals surface area contributed by atoms with Crippen LogP contribution in [0.3, 0.4) is 0 Å². The Morgan fingerprint density at radius 2 is 1.42 bits per heavy atom. The van der Waals surface area contributed by atoms with Crippen molar-refractivity contribution >= 4 is 39.7 Å². The Bertz CT molecular complexity index is 1340. The molecule has 2 aromatic heterocycles. The molecule has 190 valence electrons. The molecule has 0 aliphatic rings. The van der Waals surface area contributed by atoms with Crippen LogP contribution in [0.1, 0.15) is 31.4 Å². The smallest absolute Gasteiger partial charge is 0.326 e. The second-order valence-corrected chi connectivity index (χ2v) is 8.81. The molecule has 0 aliphatic carbocycles. The average molecular weight is 493 g/mol. The molecule has 4 aromatic rings. The van der Waals surface area contributed by atoms with Gasteiger partial charge in [-0.1, -0.05) is 56.7 Å². The van der Waals surface area contributed by atoms with Crippen LogP contribution in [0.15, 0.2) is 60.9 Å². The summed E-state index contributed by atoms with van der Waals surface area (Å²) in [6.07, 6.45) is 4.82. The topological polar surface area (TPSA) is 161 Å². The summed E-state index contributed by atoms with van der Waals surface area (Å²) < 4.78 is 0. The number of rotatable bonds is 9. The number of benzene rings is 2. The molecule has 7 N–H and O–H groups in total. The molecule has 0 saturated heterocycles. The number of para-hydroxylation sites is 2. The number of carboxylic acids is 2. The zero-order valence-corrected chi connectivity index (χ0v) is 20.3. The van der Waals surface area contributed by atoms with Gasteiger partial charge < -0.3 is 31.2 Å². The molecule has 3 atom stereocenters. The summed E-state index contributed by atoms with van der Waals surface area (Å²) in [5.74, 6) is -2.33. The summed E-state index contributed by atoms with van der Waals surface area (Å²) in [4.78, 5) is 40.1. The van der Waals surface area contributed by atoms with E-state index in [4.69, 9.17) is 10.8 Å². The van der Waals surface area contributed by atoms with E-state index in [2.05, 4.69) is 15.3 Å². The van der Waals surface area contributed by atoms with Crippen LogP contribution in [0.5, 0.6) is 0 Å². The van der Waals surface area contributed by atoms with E-state index in [9.17, 15) is 19.5 Å². The predicted octanol–water partition coefficient (Wildman–Crippen LogP) is 3.45. The first-order valence-electron chi connectivity index (χ1n) is 11.8. The van der Waals surface area contributed by atoms with Crippen LogP contribution >= 0.6 is 0 Å². The van der Waals surface area contributed by atoms with Gasteiger partial charge in [-0.3, -0.25) is 9.59 Å². The summed E-state index contributed by atoms with van der Waals surface area (Å²) in [6.45, 7) is 3.73. The summed E-state index contributed by atoms with van der Waals surface area (Å²) in [6, 6.07) is 13.8. The Labute approximate surface area is 208 Å². The van der Waals surface area contributed by atoms with Gasteiger partial charge in [-0.2, -0.15) is 0 Å². The third-order valence-electron chi connectivity index (χ3n) is 6.25. The van der Waals surface area contributed by atoms with Crippen LogP contribution in [0.2, 0.25) is 0 Å². The fourth-order valence-electron chi connectivity index (χ4n) is 3.98. The summed E-state index contributed by atoms with van der Waals surface area (Å²) in [7, 11) is 0. The molecule has 9 heteroatoms. The van der Waals surface area contributed by atoms with Crippen molar-refractivity contribution in [3.05, 3.63) is 72.1 Å². The van der Waals surface area contributed by atoms with E-state index in [-0.39, 0.29) is 18.2 Å². The number of aliphatic carboxylic acids is 2. The van der Waals surface area contributed by atoms with Gasteiger partial charge >= 0.3 is 11.9 Å². The van der Waals surface area contributed by atoms with E-state index in [0.29, 0.717) is 12.8 Å². The van der Waals surface area contributed by atoms with Crippen molar-refractivity contribution in [3.8, 4) is 0 Å². The number of amides is 1. The highest BCUT2D eigenvalue weighted by molar-refractivity contribution is 5.90. The number of H-pyrrole nitrogens is 2. The maximum atomic E-state index is 12.1. The number of carbonyl (C=O) groups is 3. The van der Waals surface area contributed by atoms with E-state index >= 15 is 0 Å². The van der Waals surface area contributed by atoms with Gasteiger partial charge in [0.25, 0.3) is 0 Å². The fraction of sp³-hybridized carbons (Fsp3) is 0.296. The van der Waals surface area contributed by atoms with Crippen LogP contribution < -0.4 is 11.1 Å². The van der Waals surface area contributed by atoms with E-state index in [0.717, 1.165) is 32.9 Å². The Balaban J connectivity index is 0.000000212. The number of hydrogen-bond acceptors (Lipinski definition) is 4. The lowest BCUT2D eigenvalue weighted by atomic mass is 9.99. The molecule has 36 heavy (non-hydrogen) atoms. The SMILES string of the molecule is CCC(C)C(NC(=O)Cc1c[nH]c2ccccc12)C(=O)O.NC(Cc1c[nH]c2ccccc12)C(=O)O. The van der Waals surface area contributed by atoms with Crippen LogP contribution in [-0.2, 0) is 27.2 Å². The van der Waals surface area contributed by atoms with Gasteiger partial charge in [0.1, 0.15) is 12.1 Å². The van der Waals surface area contributed by atoms with Gasteiger partial charge in [0.2, 0.25) is 5.91 Å². The number of nitrogens with one attached hydrogen (secondary N) is 3.